The molecule has 8 aromatic rings. The largest absolute Gasteiger partial charge is 0.278 e. The number of nitrogens with zero attached hydrogens (tertiary/aromatic N) is 3. The number of para-hydroxylation sites is 1. The van der Waals surface area contributed by atoms with Crippen LogP contribution in [0.15, 0.2) is 127 Å². The van der Waals surface area contributed by atoms with Crippen molar-refractivity contribution in [1.82, 2.24) is 14.5 Å². The molecule has 0 fully saturated rings. The van der Waals surface area contributed by atoms with Crippen molar-refractivity contribution in [3.05, 3.63) is 127 Å². The van der Waals surface area contributed by atoms with Gasteiger partial charge in [-0.05, 0) is 41.5 Å². The van der Waals surface area contributed by atoms with E-state index in [0.717, 1.165) is 49.6 Å². The zero-order chi connectivity index (χ0) is 25.1. The van der Waals surface area contributed by atoms with Crippen LogP contribution in [0.4, 0.5) is 0 Å². The fraction of sp³-hybridized carbons (Fsp3) is 0. The lowest BCUT2D eigenvalue weighted by Crippen LogP contribution is -2.01. The number of aromatic nitrogens is 3. The molecule has 0 radical (unpaired) electrons. The van der Waals surface area contributed by atoms with Crippen LogP contribution in [0.2, 0.25) is 0 Å². The Bertz CT molecular complexity index is 2070. The summed E-state index contributed by atoms with van der Waals surface area (Å²) in [5.41, 5.74) is 6.36. The molecule has 0 unspecified atom stereocenters. The summed E-state index contributed by atoms with van der Waals surface area (Å²) in [6, 6.07) is 44.7. The zero-order valence-electron chi connectivity index (χ0n) is 20.4. The zero-order valence-corrected chi connectivity index (χ0v) is 21.2. The first-order chi connectivity index (χ1) is 18.8. The number of thiophene rings is 1. The molecule has 0 bridgehead atoms. The van der Waals surface area contributed by atoms with Crippen LogP contribution in [0, 0.1) is 0 Å². The van der Waals surface area contributed by atoms with Gasteiger partial charge < -0.3 is 0 Å². The topological polar surface area (TPSA) is 30.7 Å². The highest BCUT2D eigenvalue weighted by Gasteiger charge is 2.18. The highest BCUT2D eigenvalue weighted by Crippen LogP contribution is 2.39. The molecule has 0 saturated carbocycles. The third kappa shape index (κ3) is 3.28. The number of hydrogen-bond acceptors (Lipinski definition) is 3. The summed E-state index contributed by atoms with van der Waals surface area (Å²) in [5, 5.41) is 4.79. The first kappa shape index (κ1) is 21.3. The van der Waals surface area contributed by atoms with Gasteiger partial charge in [-0.1, -0.05) is 97.1 Å². The Morgan fingerprint density at radius 1 is 0.500 bits per heavy atom. The Labute approximate surface area is 223 Å². The van der Waals surface area contributed by atoms with Gasteiger partial charge in [0.1, 0.15) is 16.3 Å². The molecular formula is C34H21N3S. The number of hydrogen-bond donors (Lipinski definition) is 0. The number of fused-ring (bicyclic) bond motifs is 6. The summed E-state index contributed by atoms with van der Waals surface area (Å²) < 4.78 is 3.49. The normalized spacial score (nSPS) is 11.7. The van der Waals surface area contributed by atoms with Crippen LogP contribution in [-0.2, 0) is 0 Å². The average Bonchev–Trinajstić information content (AvgIpc) is 3.51. The summed E-state index contributed by atoms with van der Waals surface area (Å²) in [5.74, 6) is 0.865. The molecule has 0 atom stereocenters. The molecule has 178 valence electrons. The molecule has 4 aromatic heterocycles. The van der Waals surface area contributed by atoms with Crippen molar-refractivity contribution in [2.75, 3.05) is 0 Å². The Hall–Kier alpha value is -4.80. The predicted molar refractivity (Wildman–Crippen MR) is 160 cm³/mol. The van der Waals surface area contributed by atoms with E-state index < -0.39 is 0 Å². The van der Waals surface area contributed by atoms with E-state index in [1.807, 2.05) is 6.07 Å². The molecule has 0 saturated heterocycles. The third-order valence-corrected chi connectivity index (χ3v) is 8.30. The van der Waals surface area contributed by atoms with Crippen molar-refractivity contribution in [3.8, 4) is 28.2 Å². The smallest absolute Gasteiger partial charge is 0.148 e. The standard InChI is InChI=1S/C34H21N3S/c1-3-11-22(12-4-1)24-19-29(23-13-5-2-6-14-23)35-32(20-24)37-30-17-9-7-15-25(30)27-21-28-26-16-8-10-18-31(26)38-34(28)36-33(27)37/h1-21H. The number of benzene rings is 4. The summed E-state index contributed by atoms with van der Waals surface area (Å²) >= 11 is 1.75. The van der Waals surface area contributed by atoms with E-state index in [4.69, 9.17) is 9.97 Å². The molecule has 4 heteroatoms. The average molecular weight is 504 g/mol. The number of pyridine rings is 2. The first-order valence-corrected chi connectivity index (χ1v) is 13.5. The van der Waals surface area contributed by atoms with E-state index >= 15 is 0 Å². The monoisotopic (exact) mass is 503 g/mol. The minimum Gasteiger partial charge on any atom is -0.278 e. The van der Waals surface area contributed by atoms with Gasteiger partial charge in [0, 0.05) is 31.8 Å². The molecule has 8 rings (SSSR count). The maximum absolute atomic E-state index is 5.27. The molecule has 0 aliphatic carbocycles. The second kappa shape index (κ2) is 8.37. The quantitative estimate of drug-likeness (QED) is 0.240. The molecule has 0 aliphatic rings. The van der Waals surface area contributed by atoms with Crippen molar-refractivity contribution < 1.29 is 0 Å². The fourth-order valence-corrected chi connectivity index (χ4v) is 6.49. The lowest BCUT2D eigenvalue weighted by Gasteiger charge is -2.12. The van der Waals surface area contributed by atoms with Gasteiger partial charge in [0.2, 0.25) is 0 Å². The van der Waals surface area contributed by atoms with Gasteiger partial charge in [0.15, 0.2) is 0 Å². The fourth-order valence-electron chi connectivity index (χ4n) is 5.44. The van der Waals surface area contributed by atoms with E-state index in [9.17, 15) is 0 Å². The van der Waals surface area contributed by atoms with Gasteiger partial charge in [-0.3, -0.25) is 4.57 Å². The molecule has 38 heavy (non-hydrogen) atoms. The van der Waals surface area contributed by atoms with E-state index in [0.29, 0.717) is 0 Å². The van der Waals surface area contributed by atoms with Gasteiger partial charge in [-0.15, -0.1) is 11.3 Å². The second-order valence-electron chi connectivity index (χ2n) is 9.49. The molecule has 0 N–H and O–H groups in total. The van der Waals surface area contributed by atoms with Gasteiger partial charge >= 0.3 is 0 Å². The summed E-state index contributed by atoms with van der Waals surface area (Å²) in [6.07, 6.45) is 0. The van der Waals surface area contributed by atoms with Crippen LogP contribution in [0.3, 0.4) is 0 Å². The minimum absolute atomic E-state index is 0.865. The van der Waals surface area contributed by atoms with Gasteiger partial charge in [0.25, 0.3) is 0 Å². The lowest BCUT2D eigenvalue weighted by atomic mass is 10.0. The van der Waals surface area contributed by atoms with E-state index in [2.05, 4.69) is 126 Å². The SMILES string of the molecule is c1ccc(-c2cc(-c3ccccc3)nc(-n3c4ccccc4c4cc5c(nc43)sc3ccccc35)c2)cc1. The van der Waals surface area contributed by atoms with E-state index in [1.165, 1.54) is 20.9 Å². The maximum Gasteiger partial charge on any atom is 0.148 e. The maximum atomic E-state index is 5.27. The summed E-state index contributed by atoms with van der Waals surface area (Å²) in [4.78, 5) is 11.5. The highest BCUT2D eigenvalue weighted by molar-refractivity contribution is 7.25. The summed E-state index contributed by atoms with van der Waals surface area (Å²) in [7, 11) is 0. The molecule has 0 aliphatic heterocycles. The van der Waals surface area contributed by atoms with Crippen LogP contribution in [-0.4, -0.2) is 14.5 Å². The van der Waals surface area contributed by atoms with Crippen LogP contribution >= 0.6 is 11.3 Å². The Balaban J connectivity index is 1.48. The minimum atomic E-state index is 0.865. The second-order valence-corrected chi connectivity index (χ2v) is 10.5. The van der Waals surface area contributed by atoms with Gasteiger partial charge in [-0.25, -0.2) is 9.97 Å². The third-order valence-electron chi connectivity index (χ3n) is 7.22. The number of rotatable bonds is 3. The van der Waals surface area contributed by atoms with E-state index in [-0.39, 0.29) is 0 Å². The molecule has 3 nitrogen and oxygen atoms in total. The van der Waals surface area contributed by atoms with Crippen LogP contribution in [0.25, 0.3) is 70.4 Å². The molecular weight excluding hydrogens is 482 g/mol. The Morgan fingerprint density at radius 2 is 1.18 bits per heavy atom. The Morgan fingerprint density at radius 3 is 2.00 bits per heavy atom. The molecule has 4 heterocycles. The van der Waals surface area contributed by atoms with Crippen molar-refractivity contribution in [2.24, 2.45) is 0 Å². The van der Waals surface area contributed by atoms with Crippen molar-refractivity contribution in [2.45, 2.75) is 0 Å². The molecule has 4 aromatic carbocycles. The first-order valence-electron chi connectivity index (χ1n) is 12.7. The van der Waals surface area contributed by atoms with Gasteiger partial charge in [0.05, 0.1) is 11.2 Å². The van der Waals surface area contributed by atoms with E-state index in [1.54, 1.807) is 11.3 Å². The Kier molecular flexibility index (Phi) is 4.69. The molecule has 0 amide bonds. The van der Waals surface area contributed by atoms with Gasteiger partial charge in [-0.2, -0.15) is 0 Å². The van der Waals surface area contributed by atoms with Crippen LogP contribution < -0.4 is 0 Å². The van der Waals surface area contributed by atoms with Crippen LogP contribution in [0.1, 0.15) is 0 Å². The highest BCUT2D eigenvalue weighted by atomic mass is 32.1. The summed E-state index contributed by atoms with van der Waals surface area (Å²) in [6.45, 7) is 0. The van der Waals surface area contributed by atoms with Crippen molar-refractivity contribution in [3.63, 3.8) is 0 Å². The predicted octanol–water partition coefficient (Wildman–Crippen LogP) is 9.28. The van der Waals surface area contributed by atoms with Crippen molar-refractivity contribution >= 4 is 53.6 Å². The van der Waals surface area contributed by atoms with Crippen LogP contribution in [0.5, 0.6) is 0 Å². The van der Waals surface area contributed by atoms with Crippen molar-refractivity contribution in [1.29, 1.82) is 0 Å². The lowest BCUT2D eigenvalue weighted by molar-refractivity contribution is 1.07. The molecule has 0 spiro atoms.